The Morgan fingerprint density at radius 3 is 2.39 bits per heavy atom. The Morgan fingerprint density at radius 1 is 1.04 bits per heavy atom. The molecule has 2 fully saturated rings. The van der Waals surface area contributed by atoms with Gasteiger partial charge in [-0.25, -0.2) is 17.1 Å². The van der Waals surface area contributed by atoms with Crippen molar-refractivity contribution >= 4 is 56.6 Å². The summed E-state index contributed by atoms with van der Waals surface area (Å²) >= 11 is 13.1. The molecule has 0 aromatic heterocycles. The second-order valence-electron chi connectivity index (χ2n) is 12.3. The van der Waals surface area contributed by atoms with E-state index in [1.807, 2.05) is 0 Å². The molecule has 1 unspecified atom stereocenters. The van der Waals surface area contributed by atoms with Crippen LogP contribution in [0.2, 0.25) is 10.0 Å². The van der Waals surface area contributed by atoms with Crippen LogP contribution in [0.3, 0.4) is 0 Å². The van der Waals surface area contributed by atoms with E-state index in [4.69, 9.17) is 28.9 Å². The number of nitrogens with zero attached hydrogens (tertiary/aromatic N) is 2. The first-order valence-electron chi connectivity index (χ1n) is 14.9. The Morgan fingerprint density at radius 2 is 1.74 bits per heavy atom. The van der Waals surface area contributed by atoms with Gasteiger partial charge in [-0.1, -0.05) is 53.5 Å². The molecule has 0 saturated carbocycles. The quantitative estimate of drug-likeness (QED) is 0.381. The Bertz CT molecular complexity index is 1870. The highest BCUT2D eigenvalue weighted by Crippen LogP contribution is 2.62. The van der Waals surface area contributed by atoms with Gasteiger partial charge in [-0.2, -0.15) is 0 Å². The van der Waals surface area contributed by atoms with Crippen molar-refractivity contribution < 1.29 is 27.2 Å². The van der Waals surface area contributed by atoms with Gasteiger partial charge >= 0.3 is 0 Å². The molecule has 3 amide bonds. The van der Waals surface area contributed by atoms with Crippen LogP contribution >= 0.6 is 23.2 Å². The van der Waals surface area contributed by atoms with E-state index in [1.165, 1.54) is 21.3 Å². The maximum atomic E-state index is 15.2. The summed E-state index contributed by atoms with van der Waals surface area (Å²) in [6, 6.07) is 13.7. The molecule has 3 heterocycles. The maximum absolute atomic E-state index is 15.2. The molecule has 46 heavy (non-hydrogen) atoms. The number of anilines is 1. The van der Waals surface area contributed by atoms with Crippen molar-refractivity contribution in [2.24, 2.45) is 11.7 Å². The lowest BCUT2D eigenvalue weighted by Crippen LogP contribution is -2.64. The van der Waals surface area contributed by atoms with Gasteiger partial charge in [0.2, 0.25) is 27.7 Å². The van der Waals surface area contributed by atoms with Crippen molar-refractivity contribution in [1.82, 2.24) is 9.21 Å². The number of rotatable bonds is 6. The summed E-state index contributed by atoms with van der Waals surface area (Å²) in [4.78, 5) is 44.3. The standard InChI is InChI=1S/C33H33Cl2FN4O5S/c1-18-7-9-21(36)16-23(18)30-33(24-10-8-20(34)15-27(24)38-32(33)43)25(22-5-3-4-6-26(22)35)17-28(41)40(30)29(31(37)42)19-11-13-39(14-12-19)46(2,44)45/h3-10,15-16,19,25,29-30H,11-14,17H2,1-2H3,(H2,37,42)(H,38,43)/t25-,29?,30-,33+/m1/s1. The van der Waals surface area contributed by atoms with Crippen LogP contribution < -0.4 is 11.1 Å². The minimum atomic E-state index is -3.48. The molecule has 9 nitrogen and oxygen atoms in total. The van der Waals surface area contributed by atoms with E-state index in [9.17, 15) is 22.8 Å². The fourth-order valence-corrected chi connectivity index (χ4v) is 9.10. The van der Waals surface area contributed by atoms with E-state index < -0.39 is 62.9 Å². The molecule has 3 aliphatic rings. The predicted molar refractivity (Wildman–Crippen MR) is 173 cm³/mol. The first-order valence-corrected chi connectivity index (χ1v) is 17.5. The van der Waals surface area contributed by atoms with Crippen LogP contribution in [0.25, 0.3) is 0 Å². The number of hydrogen-bond donors (Lipinski definition) is 2. The topological polar surface area (TPSA) is 130 Å². The fraction of sp³-hybridized carbons (Fsp3) is 0.364. The lowest BCUT2D eigenvalue weighted by Gasteiger charge is -2.55. The SMILES string of the molecule is Cc1ccc(F)cc1[C@H]1N(C(C(N)=O)C2CCN(S(C)(=O)=O)CC2)C(=O)C[C@H](c2ccccc2Cl)[C@]12C(=O)Nc1cc(Cl)ccc12. The average molecular weight is 688 g/mol. The molecule has 3 aromatic carbocycles. The molecule has 3 aromatic rings. The minimum absolute atomic E-state index is 0.133. The summed E-state index contributed by atoms with van der Waals surface area (Å²) < 4.78 is 41.1. The van der Waals surface area contributed by atoms with Gasteiger partial charge in [0.25, 0.3) is 0 Å². The van der Waals surface area contributed by atoms with Gasteiger partial charge in [-0.15, -0.1) is 0 Å². The van der Waals surface area contributed by atoms with Crippen molar-refractivity contribution in [2.45, 2.75) is 49.6 Å². The van der Waals surface area contributed by atoms with Crippen LogP contribution in [0.15, 0.2) is 60.7 Å². The second-order valence-corrected chi connectivity index (χ2v) is 15.2. The van der Waals surface area contributed by atoms with Gasteiger partial charge < -0.3 is 16.0 Å². The number of benzene rings is 3. The van der Waals surface area contributed by atoms with Crippen LogP contribution in [0.5, 0.6) is 0 Å². The second kappa shape index (κ2) is 11.9. The summed E-state index contributed by atoms with van der Waals surface area (Å²) in [6.07, 6.45) is 1.41. The van der Waals surface area contributed by atoms with Crippen LogP contribution in [-0.4, -0.2) is 60.7 Å². The lowest BCUT2D eigenvalue weighted by molar-refractivity contribution is -0.156. The van der Waals surface area contributed by atoms with Crippen molar-refractivity contribution in [3.63, 3.8) is 0 Å². The van der Waals surface area contributed by atoms with E-state index in [1.54, 1.807) is 55.5 Å². The number of carbonyl (C=O) groups excluding carboxylic acids is 3. The summed E-state index contributed by atoms with van der Waals surface area (Å²) in [5.74, 6) is -3.68. The monoisotopic (exact) mass is 686 g/mol. The number of aryl methyl sites for hydroxylation is 1. The number of piperidine rings is 2. The zero-order valence-corrected chi connectivity index (χ0v) is 27.5. The Hall–Kier alpha value is -3.51. The predicted octanol–water partition coefficient (Wildman–Crippen LogP) is 4.91. The number of hydrogen-bond acceptors (Lipinski definition) is 5. The number of fused-ring (bicyclic) bond motifs is 2. The molecule has 3 aliphatic heterocycles. The molecule has 1 spiro atoms. The van der Waals surface area contributed by atoms with Crippen molar-refractivity contribution in [1.29, 1.82) is 0 Å². The fourth-order valence-electron chi connectivity index (χ4n) is 7.79. The molecule has 6 rings (SSSR count). The molecule has 0 aliphatic carbocycles. The summed E-state index contributed by atoms with van der Waals surface area (Å²) in [5, 5.41) is 3.69. The zero-order chi connectivity index (χ0) is 33.1. The Labute approximate surface area is 276 Å². The van der Waals surface area contributed by atoms with Crippen LogP contribution in [-0.2, 0) is 29.8 Å². The van der Waals surface area contributed by atoms with Crippen LogP contribution in [0.1, 0.15) is 53.5 Å². The van der Waals surface area contributed by atoms with Crippen molar-refractivity contribution in [2.75, 3.05) is 24.7 Å². The Kier molecular flexibility index (Phi) is 8.42. The summed E-state index contributed by atoms with van der Waals surface area (Å²) in [5.41, 5.74) is 6.95. The number of nitrogens with two attached hydrogens (primary N) is 1. The van der Waals surface area contributed by atoms with Crippen molar-refractivity contribution in [3.05, 3.63) is 98.8 Å². The molecule has 0 bridgehead atoms. The number of likely N-dealkylation sites (tertiary alicyclic amines) is 1. The van der Waals surface area contributed by atoms with Gasteiger partial charge in [0, 0.05) is 41.2 Å². The smallest absolute Gasteiger partial charge is 0.240 e. The zero-order valence-electron chi connectivity index (χ0n) is 25.2. The third-order valence-corrected chi connectivity index (χ3v) is 11.7. The maximum Gasteiger partial charge on any atom is 0.240 e. The first-order chi connectivity index (χ1) is 21.7. The number of nitrogens with one attached hydrogen (secondary N) is 1. The molecule has 242 valence electrons. The molecule has 3 N–H and O–H groups in total. The van der Waals surface area contributed by atoms with Gasteiger partial charge in [0.1, 0.15) is 17.3 Å². The molecule has 13 heteroatoms. The summed E-state index contributed by atoms with van der Waals surface area (Å²) in [7, 11) is -3.48. The van der Waals surface area contributed by atoms with E-state index in [0.29, 0.717) is 38.0 Å². The van der Waals surface area contributed by atoms with Crippen molar-refractivity contribution in [3.8, 4) is 0 Å². The number of primary amides is 1. The molecule has 2 saturated heterocycles. The number of sulfonamides is 1. The van der Waals surface area contributed by atoms with Crippen LogP contribution in [0, 0.1) is 18.7 Å². The highest BCUT2D eigenvalue weighted by Gasteiger charge is 2.65. The first kappa shape index (κ1) is 32.4. The molecule has 4 atom stereocenters. The largest absolute Gasteiger partial charge is 0.368 e. The third-order valence-electron chi connectivity index (χ3n) is 9.80. The molecular weight excluding hydrogens is 654 g/mol. The number of carbonyl (C=O) groups is 3. The highest BCUT2D eigenvalue weighted by molar-refractivity contribution is 7.88. The van der Waals surface area contributed by atoms with E-state index >= 15 is 4.39 Å². The minimum Gasteiger partial charge on any atom is -0.368 e. The highest BCUT2D eigenvalue weighted by atomic mass is 35.5. The number of amides is 3. The van der Waals surface area contributed by atoms with Gasteiger partial charge in [0.05, 0.1) is 12.3 Å². The van der Waals surface area contributed by atoms with Gasteiger partial charge in [-0.3, -0.25) is 14.4 Å². The number of halogens is 3. The van der Waals surface area contributed by atoms with E-state index in [2.05, 4.69) is 5.32 Å². The Balaban J connectivity index is 1.64. The molecule has 0 radical (unpaired) electrons. The van der Waals surface area contributed by atoms with Crippen LogP contribution in [0.4, 0.5) is 10.1 Å². The van der Waals surface area contributed by atoms with Gasteiger partial charge in [0.15, 0.2) is 0 Å². The van der Waals surface area contributed by atoms with E-state index in [0.717, 1.165) is 6.26 Å². The van der Waals surface area contributed by atoms with Gasteiger partial charge in [-0.05, 0) is 78.3 Å². The summed E-state index contributed by atoms with van der Waals surface area (Å²) in [6.45, 7) is 2.02. The third kappa shape index (κ3) is 5.27. The molecular formula is C33H33Cl2FN4O5S. The normalized spacial score (nSPS) is 24.6. The lowest BCUT2D eigenvalue weighted by atomic mass is 9.57. The average Bonchev–Trinajstić information content (AvgIpc) is 3.27. The van der Waals surface area contributed by atoms with E-state index in [-0.39, 0.29) is 32.4 Å².